The Bertz CT molecular complexity index is 591. The van der Waals surface area contributed by atoms with E-state index in [-0.39, 0.29) is 11.8 Å². The molecule has 2 atom stereocenters. The Morgan fingerprint density at radius 1 is 1.33 bits per heavy atom. The van der Waals surface area contributed by atoms with E-state index in [0.717, 1.165) is 0 Å². The maximum atomic E-state index is 12.8. The first-order valence-corrected chi connectivity index (χ1v) is 8.02. The number of carboxylic acids is 1. The number of aromatic nitrogens is 2. The van der Waals surface area contributed by atoms with Gasteiger partial charge in [0.2, 0.25) is 0 Å². The fourth-order valence-corrected chi connectivity index (χ4v) is 3.43. The maximum Gasteiger partial charge on any atom is 0.326 e. The number of aliphatic carboxylic acids is 1. The van der Waals surface area contributed by atoms with Gasteiger partial charge in [0.1, 0.15) is 16.9 Å². The van der Waals surface area contributed by atoms with E-state index < -0.39 is 12.0 Å². The minimum atomic E-state index is -0.954. The summed E-state index contributed by atoms with van der Waals surface area (Å²) in [5.74, 6) is -0.674. The second kappa shape index (κ2) is 6.01. The first kappa shape index (κ1) is 15.8. The highest BCUT2D eigenvalue weighted by Crippen LogP contribution is 2.29. The highest BCUT2D eigenvalue weighted by Gasteiger charge is 2.40. The van der Waals surface area contributed by atoms with Gasteiger partial charge in [0.25, 0.3) is 5.91 Å². The summed E-state index contributed by atoms with van der Waals surface area (Å²) in [6, 6.07) is -0.770. The van der Waals surface area contributed by atoms with Crippen molar-refractivity contribution in [3.05, 3.63) is 17.1 Å². The summed E-state index contributed by atoms with van der Waals surface area (Å²) in [4.78, 5) is 34.2. The van der Waals surface area contributed by atoms with E-state index in [2.05, 4.69) is 9.97 Å². The molecule has 2 rings (SSSR count). The van der Waals surface area contributed by atoms with Crippen LogP contribution in [-0.2, 0) is 4.79 Å². The van der Waals surface area contributed by atoms with Crippen molar-refractivity contribution < 1.29 is 14.7 Å². The van der Waals surface area contributed by atoms with Gasteiger partial charge in [-0.3, -0.25) is 4.79 Å². The molecular formula is C14H19N3O3S. The molecule has 0 aliphatic carbocycles. The molecule has 1 aromatic heterocycles. The van der Waals surface area contributed by atoms with Crippen molar-refractivity contribution in [1.29, 1.82) is 0 Å². The molecule has 0 saturated carbocycles. The molecule has 1 fully saturated rings. The van der Waals surface area contributed by atoms with Crippen molar-refractivity contribution in [2.45, 2.75) is 38.3 Å². The molecule has 2 unspecified atom stereocenters. The Kier molecular flexibility index (Phi) is 4.51. The van der Waals surface area contributed by atoms with Crippen LogP contribution in [0, 0.1) is 19.8 Å². The number of hydrogen-bond donors (Lipinski definition) is 1. The lowest BCUT2D eigenvalue weighted by Crippen LogP contribution is -2.43. The maximum absolute atomic E-state index is 12.8. The number of carbonyl (C=O) groups excluding carboxylic acids is 1. The number of amides is 1. The molecule has 0 aromatic carbocycles. The molecular weight excluding hydrogens is 290 g/mol. The zero-order valence-corrected chi connectivity index (χ0v) is 13.4. The Balaban J connectivity index is 2.43. The van der Waals surface area contributed by atoms with Crippen LogP contribution in [0.15, 0.2) is 5.03 Å². The molecule has 1 aromatic rings. The average Bonchev–Trinajstić information content (AvgIpc) is 2.79. The van der Waals surface area contributed by atoms with Crippen molar-refractivity contribution >= 4 is 23.6 Å². The summed E-state index contributed by atoms with van der Waals surface area (Å²) in [5.41, 5.74) is 1.02. The van der Waals surface area contributed by atoms with Gasteiger partial charge in [-0.15, -0.1) is 11.8 Å². The number of carboxylic acid groups (broad SMARTS) is 1. The van der Waals surface area contributed by atoms with Gasteiger partial charge >= 0.3 is 5.97 Å². The van der Waals surface area contributed by atoms with E-state index in [0.29, 0.717) is 35.1 Å². The summed E-state index contributed by atoms with van der Waals surface area (Å²) < 4.78 is 0. The monoisotopic (exact) mass is 309 g/mol. The Morgan fingerprint density at radius 3 is 2.57 bits per heavy atom. The van der Waals surface area contributed by atoms with Gasteiger partial charge in [0.05, 0.1) is 11.3 Å². The zero-order valence-electron chi connectivity index (χ0n) is 12.6. The van der Waals surface area contributed by atoms with Gasteiger partial charge in [0, 0.05) is 6.54 Å². The summed E-state index contributed by atoms with van der Waals surface area (Å²) >= 11 is 1.38. The van der Waals surface area contributed by atoms with Crippen molar-refractivity contribution in [2.75, 3.05) is 12.8 Å². The Morgan fingerprint density at radius 2 is 2.00 bits per heavy atom. The first-order chi connectivity index (χ1) is 9.86. The summed E-state index contributed by atoms with van der Waals surface area (Å²) in [5, 5.41) is 9.96. The fraction of sp³-hybridized carbons (Fsp3) is 0.571. The van der Waals surface area contributed by atoms with Crippen molar-refractivity contribution in [1.82, 2.24) is 14.9 Å². The molecule has 1 N–H and O–H groups in total. The van der Waals surface area contributed by atoms with Crippen molar-refractivity contribution in [2.24, 2.45) is 5.92 Å². The average molecular weight is 309 g/mol. The first-order valence-electron chi connectivity index (χ1n) is 6.79. The number of rotatable bonds is 3. The van der Waals surface area contributed by atoms with Crippen LogP contribution >= 0.6 is 11.8 Å². The SMILES string of the molecule is CSc1nc(C)nc(C)c1C(=O)N1CCC(C)C1C(=O)O. The Hall–Kier alpha value is -1.63. The smallest absolute Gasteiger partial charge is 0.326 e. The molecule has 2 heterocycles. The molecule has 0 bridgehead atoms. The van der Waals surface area contributed by atoms with E-state index in [9.17, 15) is 14.7 Å². The van der Waals surface area contributed by atoms with Crippen molar-refractivity contribution in [3.63, 3.8) is 0 Å². The fourth-order valence-electron chi connectivity index (χ4n) is 2.77. The second-order valence-electron chi connectivity index (χ2n) is 5.29. The number of hydrogen-bond acceptors (Lipinski definition) is 5. The molecule has 1 saturated heterocycles. The molecule has 1 aliphatic rings. The molecule has 1 aliphatic heterocycles. The van der Waals surface area contributed by atoms with E-state index in [1.807, 2.05) is 13.2 Å². The van der Waals surface area contributed by atoms with Crippen LogP contribution in [-0.4, -0.2) is 50.7 Å². The van der Waals surface area contributed by atoms with Crippen LogP contribution in [0.2, 0.25) is 0 Å². The highest BCUT2D eigenvalue weighted by atomic mass is 32.2. The van der Waals surface area contributed by atoms with Gasteiger partial charge in [-0.1, -0.05) is 6.92 Å². The zero-order chi connectivity index (χ0) is 15.7. The lowest BCUT2D eigenvalue weighted by atomic mass is 10.0. The standard InChI is InChI=1S/C14H19N3O3S/c1-7-5-6-17(11(7)14(19)20)13(18)10-8(2)15-9(3)16-12(10)21-4/h7,11H,5-6H2,1-4H3,(H,19,20). The molecule has 1 amide bonds. The highest BCUT2D eigenvalue weighted by molar-refractivity contribution is 7.98. The van der Waals surface area contributed by atoms with Gasteiger partial charge in [-0.05, 0) is 32.4 Å². The van der Waals surface area contributed by atoms with E-state index in [1.54, 1.807) is 13.8 Å². The molecule has 114 valence electrons. The van der Waals surface area contributed by atoms with Crippen LogP contribution < -0.4 is 0 Å². The van der Waals surface area contributed by atoms with Crippen LogP contribution in [0.3, 0.4) is 0 Å². The van der Waals surface area contributed by atoms with Crippen LogP contribution in [0.1, 0.15) is 35.2 Å². The Labute approximate surface area is 128 Å². The summed E-state index contributed by atoms with van der Waals surface area (Å²) in [6.07, 6.45) is 2.54. The molecule has 21 heavy (non-hydrogen) atoms. The summed E-state index contributed by atoms with van der Waals surface area (Å²) in [7, 11) is 0. The lowest BCUT2D eigenvalue weighted by molar-refractivity contribution is -0.142. The van der Waals surface area contributed by atoms with Crippen LogP contribution in [0.5, 0.6) is 0 Å². The second-order valence-corrected chi connectivity index (χ2v) is 6.08. The summed E-state index contributed by atoms with van der Waals surface area (Å²) in [6.45, 7) is 5.86. The van der Waals surface area contributed by atoms with Gasteiger partial charge < -0.3 is 10.0 Å². The normalized spacial score (nSPS) is 21.6. The third kappa shape index (κ3) is 2.88. The predicted octanol–water partition coefficient (Wildman–Crippen LogP) is 1.75. The number of aryl methyl sites for hydroxylation is 2. The third-order valence-electron chi connectivity index (χ3n) is 3.79. The number of nitrogens with zero attached hydrogens (tertiary/aromatic N) is 3. The number of carbonyl (C=O) groups is 2. The molecule has 0 spiro atoms. The van der Waals surface area contributed by atoms with Gasteiger partial charge in [-0.2, -0.15) is 0 Å². The number of likely N-dealkylation sites (tertiary alicyclic amines) is 1. The minimum Gasteiger partial charge on any atom is -0.480 e. The number of thioether (sulfide) groups is 1. The third-order valence-corrected chi connectivity index (χ3v) is 4.47. The topological polar surface area (TPSA) is 83.4 Å². The molecule has 0 radical (unpaired) electrons. The predicted molar refractivity (Wildman–Crippen MR) is 79.5 cm³/mol. The van der Waals surface area contributed by atoms with Crippen molar-refractivity contribution in [3.8, 4) is 0 Å². The quantitative estimate of drug-likeness (QED) is 0.676. The van der Waals surface area contributed by atoms with Crippen LogP contribution in [0.4, 0.5) is 0 Å². The van der Waals surface area contributed by atoms with E-state index in [1.165, 1.54) is 16.7 Å². The lowest BCUT2D eigenvalue weighted by Gasteiger charge is -2.24. The van der Waals surface area contributed by atoms with E-state index in [4.69, 9.17) is 0 Å². The van der Waals surface area contributed by atoms with Gasteiger partial charge in [-0.25, -0.2) is 14.8 Å². The molecule has 7 heteroatoms. The minimum absolute atomic E-state index is 0.0455. The van der Waals surface area contributed by atoms with Gasteiger partial charge in [0.15, 0.2) is 0 Å². The molecule has 6 nitrogen and oxygen atoms in total. The largest absolute Gasteiger partial charge is 0.480 e. The van der Waals surface area contributed by atoms with E-state index >= 15 is 0 Å². The van der Waals surface area contributed by atoms with Crippen LogP contribution in [0.25, 0.3) is 0 Å².